The van der Waals surface area contributed by atoms with Crippen molar-refractivity contribution in [3.63, 3.8) is 0 Å². The molecule has 1 fully saturated rings. The molecule has 1 aromatic rings. The Labute approximate surface area is 146 Å². The molecule has 5 nitrogen and oxygen atoms in total. The second-order valence-corrected chi connectivity index (χ2v) is 6.63. The van der Waals surface area contributed by atoms with Gasteiger partial charge in [0.15, 0.2) is 0 Å². The highest BCUT2D eigenvalue weighted by Gasteiger charge is 2.21. The summed E-state index contributed by atoms with van der Waals surface area (Å²) in [5, 5.41) is 0. The number of piperazine rings is 1. The second-order valence-electron chi connectivity index (χ2n) is 5.71. The summed E-state index contributed by atoms with van der Waals surface area (Å²) in [5.41, 5.74) is 0.823. The highest BCUT2D eigenvalue weighted by molar-refractivity contribution is 9.10. The smallest absolute Gasteiger partial charge is 0.224 e. The first-order valence-electron chi connectivity index (χ1n) is 8.05. The molecule has 1 heterocycles. The molecule has 23 heavy (non-hydrogen) atoms. The molecule has 0 aromatic heterocycles. The first-order chi connectivity index (χ1) is 11.0. The average Bonchev–Trinajstić information content (AvgIpc) is 2.56. The number of likely N-dealkylation sites (N-methyl/N-ethyl adjacent to an activating group) is 1. The molecule has 0 radical (unpaired) electrons. The Morgan fingerprint density at radius 3 is 2.26 bits per heavy atom. The molecule has 6 heteroatoms. The van der Waals surface area contributed by atoms with E-state index in [1.54, 1.807) is 4.90 Å². The Kier molecular flexibility index (Phi) is 6.59. The number of halogens is 1. The first-order valence-corrected chi connectivity index (χ1v) is 8.84. The predicted molar refractivity (Wildman–Crippen MR) is 95.5 cm³/mol. The van der Waals surface area contributed by atoms with E-state index in [0.717, 1.165) is 42.9 Å². The fourth-order valence-electron chi connectivity index (χ4n) is 2.77. The standard InChI is InChI=1S/C17H24BrN3O2/c1-3-19-10-12-20(13-11-19)17(23)8-9-21(14(2)22)16-6-4-15(18)5-7-16/h4-7H,3,8-13H2,1-2H3. The lowest BCUT2D eigenvalue weighted by Crippen LogP contribution is -2.49. The van der Waals surface area contributed by atoms with E-state index in [-0.39, 0.29) is 11.8 Å². The largest absolute Gasteiger partial charge is 0.340 e. The van der Waals surface area contributed by atoms with E-state index in [4.69, 9.17) is 0 Å². The minimum Gasteiger partial charge on any atom is -0.340 e. The van der Waals surface area contributed by atoms with Crippen molar-refractivity contribution in [3.8, 4) is 0 Å². The SMILES string of the molecule is CCN1CCN(C(=O)CCN(C(C)=O)c2ccc(Br)cc2)CC1. The molecule has 0 spiro atoms. The van der Waals surface area contributed by atoms with Gasteiger partial charge in [-0.1, -0.05) is 22.9 Å². The van der Waals surface area contributed by atoms with Gasteiger partial charge in [0.2, 0.25) is 11.8 Å². The quantitative estimate of drug-likeness (QED) is 0.786. The van der Waals surface area contributed by atoms with Crippen molar-refractivity contribution in [2.45, 2.75) is 20.3 Å². The van der Waals surface area contributed by atoms with Crippen LogP contribution in [-0.4, -0.2) is 60.9 Å². The Morgan fingerprint density at radius 1 is 1.13 bits per heavy atom. The third-order valence-electron chi connectivity index (χ3n) is 4.24. The van der Waals surface area contributed by atoms with E-state index < -0.39 is 0 Å². The van der Waals surface area contributed by atoms with Gasteiger partial charge in [0.25, 0.3) is 0 Å². The molecule has 126 valence electrons. The normalized spacial score (nSPS) is 15.5. The minimum atomic E-state index is -0.0454. The fraction of sp³-hybridized carbons (Fsp3) is 0.529. The van der Waals surface area contributed by atoms with Crippen molar-refractivity contribution in [2.75, 3.05) is 44.2 Å². The van der Waals surface area contributed by atoms with Crippen LogP contribution in [0.3, 0.4) is 0 Å². The van der Waals surface area contributed by atoms with Crippen LogP contribution in [0, 0.1) is 0 Å². The molecule has 0 saturated carbocycles. The van der Waals surface area contributed by atoms with Crippen LogP contribution in [0.1, 0.15) is 20.3 Å². The Morgan fingerprint density at radius 2 is 1.74 bits per heavy atom. The lowest BCUT2D eigenvalue weighted by molar-refractivity contribution is -0.132. The molecular weight excluding hydrogens is 358 g/mol. The number of nitrogens with zero attached hydrogens (tertiary/aromatic N) is 3. The monoisotopic (exact) mass is 381 g/mol. The molecule has 1 aromatic carbocycles. The Hall–Kier alpha value is -1.40. The summed E-state index contributed by atoms with van der Waals surface area (Å²) in [6.45, 7) is 8.56. The third kappa shape index (κ3) is 5.04. The van der Waals surface area contributed by atoms with Crippen LogP contribution in [0.5, 0.6) is 0 Å². The maximum absolute atomic E-state index is 12.4. The van der Waals surface area contributed by atoms with Gasteiger partial charge in [-0.25, -0.2) is 0 Å². The molecule has 0 bridgehead atoms. The zero-order valence-electron chi connectivity index (χ0n) is 13.8. The lowest BCUT2D eigenvalue weighted by Gasteiger charge is -2.34. The minimum absolute atomic E-state index is 0.0454. The fourth-order valence-corrected chi connectivity index (χ4v) is 3.03. The van der Waals surface area contributed by atoms with Gasteiger partial charge in [-0.3, -0.25) is 9.59 Å². The summed E-state index contributed by atoms with van der Waals surface area (Å²) >= 11 is 3.39. The molecule has 0 N–H and O–H groups in total. The van der Waals surface area contributed by atoms with Gasteiger partial charge < -0.3 is 14.7 Å². The average molecular weight is 382 g/mol. The summed E-state index contributed by atoms with van der Waals surface area (Å²) in [6.07, 6.45) is 0.363. The van der Waals surface area contributed by atoms with Gasteiger partial charge in [0.05, 0.1) is 0 Å². The van der Waals surface area contributed by atoms with Gasteiger partial charge in [-0.2, -0.15) is 0 Å². The van der Waals surface area contributed by atoms with Crippen LogP contribution in [0.2, 0.25) is 0 Å². The van der Waals surface area contributed by atoms with E-state index >= 15 is 0 Å². The molecule has 2 rings (SSSR count). The highest BCUT2D eigenvalue weighted by Crippen LogP contribution is 2.19. The van der Waals surface area contributed by atoms with Crippen molar-refractivity contribution in [1.82, 2.24) is 9.80 Å². The van der Waals surface area contributed by atoms with E-state index in [1.807, 2.05) is 29.2 Å². The van der Waals surface area contributed by atoms with Crippen LogP contribution in [0.25, 0.3) is 0 Å². The predicted octanol–water partition coefficient (Wildman–Crippen LogP) is 2.36. The number of hydrogen-bond donors (Lipinski definition) is 0. The van der Waals surface area contributed by atoms with Crippen LogP contribution < -0.4 is 4.90 Å². The maximum Gasteiger partial charge on any atom is 0.224 e. The second kappa shape index (κ2) is 8.45. The number of hydrogen-bond acceptors (Lipinski definition) is 3. The summed E-state index contributed by atoms with van der Waals surface area (Å²) in [4.78, 5) is 30.2. The van der Waals surface area contributed by atoms with E-state index in [0.29, 0.717) is 13.0 Å². The van der Waals surface area contributed by atoms with Gasteiger partial charge >= 0.3 is 0 Å². The molecule has 0 atom stereocenters. The van der Waals surface area contributed by atoms with E-state index in [1.165, 1.54) is 6.92 Å². The topological polar surface area (TPSA) is 43.9 Å². The number of carbonyl (C=O) groups excluding carboxylic acids is 2. The molecule has 1 saturated heterocycles. The summed E-state index contributed by atoms with van der Waals surface area (Å²) in [6, 6.07) is 7.57. The lowest BCUT2D eigenvalue weighted by atomic mass is 10.2. The van der Waals surface area contributed by atoms with Crippen molar-refractivity contribution >= 4 is 33.4 Å². The molecule has 0 aliphatic carbocycles. The molecule has 1 aliphatic rings. The molecule has 2 amide bonds. The molecule has 0 unspecified atom stereocenters. The number of anilines is 1. The van der Waals surface area contributed by atoms with Gasteiger partial charge in [-0.05, 0) is 30.8 Å². The van der Waals surface area contributed by atoms with Crippen LogP contribution in [-0.2, 0) is 9.59 Å². The van der Waals surface area contributed by atoms with Gasteiger partial charge in [0, 0.05) is 56.2 Å². The van der Waals surface area contributed by atoms with Crippen LogP contribution >= 0.6 is 15.9 Å². The van der Waals surface area contributed by atoms with Crippen LogP contribution in [0.15, 0.2) is 28.7 Å². The van der Waals surface area contributed by atoms with E-state index in [9.17, 15) is 9.59 Å². The van der Waals surface area contributed by atoms with Crippen molar-refractivity contribution in [1.29, 1.82) is 0 Å². The third-order valence-corrected chi connectivity index (χ3v) is 4.77. The Bertz CT molecular complexity index is 539. The van der Waals surface area contributed by atoms with Crippen molar-refractivity contribution in [2.24, 2.45) is 0 Å². The molecule has 1 aliphatic heterocycles. The summed E-state index contributed by atoms with van der Waals surface area (Å²) in [7, 11) is 0. The molecular formula is C17H24BrN3O2. The number of rotatable bonds is 5. The maximum atomic E-state index is 12.4. The van der Waals surface area contributed by atoms with Crippen molar-refractivity contribution < 1.29 is 9.59 Å². The van der Waals surface area contributed by atoms with E-state index in [2.05, 4.69) is 27.8 Å². The van der Waals surface area contributed by atoms with Crippen molar-refractivity contribution in [3.05, 3.63) is 28.7 Å². The Balaban J connectivity index is 1.90. The zero-order chi connectivity index (χ0) is 16.8. The number of carbonyl (C=O) groups is 2. The number of amides is 2. The zero-order valence-corrected chi connectivity index (χ0v) is 15.4. The summed E-state index contributed by atoms with van der Waals surface area (Å²) in [5.74, 6) is 0.0834. The highest BCUT2D eigenvalue weighted by atomic mass is 79.9. The number of benzene rings is 1. The summed E-state index contributed by atoms with van der Waals surface area (Å²) < 4.78 is 0.967. The van der Waals surface area contributed by atoms with Crippen LogP contribution in [0.4, 0.5) is 5.69 Å². The van der Waals surface area contributed by atoms with Gasteiger partial charge in [-0.15, -0.1) is 0 Å². The van der Waals surface area contributed by atoms with Gasteiger partial charge in [0.1, 0.15) is 0 Å². The first kappa shape index (κ1) is 17.9.